The topological polar surface area (TPSA) is 52.5 Å². The third kappa shape index (κ3) is 3.53. The summed E-state index contributed by atoms with van der Waals surface area (Å²) >= 11 is 0. The fourth-order valence-corrected chi connectivity index (χ4v) is 3.27. The standard InChI is InChI=1S/C22H24N2O3/c1-14-11-20(26-4)21(27-5)13-19(14)23-22(25)18-12-15(2)24(16(18)3)17-9-7-6-8-10-17/h6-13H,1-5H3,(H,23,25). The highest BCUT2D eigenvalue weighted by atomic mass is 16.5. The Balaban J connectivity index is 1.94. The van der Waals surface area contributed by atoms with E-state index in [9.17, 15) is 4.79 Å². The molecule has 1 N–H and O–H groups in total. The molecule has 27 heavy (non-hydrogen) atoms. The molecule has 5 nitrogen and oxygen atoms in total. The van der Waals surface area contributed by atoms with Crippen LogP contribution in [0.5, 0.6) is 11.5 Å². The molecule has 0 atom stereocenters. The Morgan fingerprint density at radius 2 is 1.56 bits per heavy atom. The molecule has 0 aliphatic carbocycles. The third-order valence-electron chi connectivity index (χ3n) is 4.67. The first-order valence-electron chi connectivity index (χ1n) is 8.74. The summed E-state index contributed by atoms with van der Waals surface area (Å²) in [5, 5.41) is 3.00. The van der Waals surface area contributed by atoms with Gasteiger partial charge in [-0.1, -0.05) is 18.2 Å². The van der Waals surface area contributed by atoms with Crippen LogP contribution in [0.15, 0.2) is 48.5 Å². The van der Waals surface area contributed by atoms with Crippen molar-refractivity contribution in [3.05, 3.63) is 71.0 Å². The van der Waals surface area contributed by atoms with Crippen LogP contribution in [-0.4, -0.2) is 24.7 Å². The number of hydrogen-bond acceptors (Lipinski definition) is 3. The van der Waals surface area contributed by atoms with Crippen LogP contribution in [0.2, 0.25) is 0 Å². The van der Waals surface area contributed by atoms with Gasteiger partial charge in [-0.15, -0.1) is 0 Å². The van der Waals surface area contributed by atoms with Crippen LogP contribution in [0.1, 0.15) is 27.3 Å². The number of rotatable bonds is 5. The Kier molecular flexibility index (Phi) is 5.21. The van der Waals surface area contributed by atoms with Crippen LogP contribution in [0.3, 0.4) is 0 Å². The van der Waals surface area contributed by atoms with Gasteiger partial charge in [-0.2, -0.15) is 0 Å². The minimum absolute atomic E-state index is 0.152. The zero-order chi connectivity index (χ0) is 19.6. The quantitative estimate of drug-likeness (QED) is 0.716. The minimum atomic E-state index is -0.152. The average Bonchev–Trinajstić information content (AvgIpc) is 2.97. The molecule has 0 bridgehead atoms. The number of ether oxygens (including phenoxy) is 2. The van der Waals surface area contributed by atoms with Gasteiger partial charge in [0.25, 0.3) is 5.91 Å². The number of aromatic nitrogens is 1. The van der Waals surface area contributed by atoms with E-state index in [0.717, 1.165) is 22.6 Å². The molecule has 0 radical (unpaired) electrons. The van der Waals surface area contributed by atoms with Gasteiger partial charge >= 0.3 is 0 Å². The van der Waals surface area contributed by atoms with E-state index in [2.05, 4.69) is 9.88 Å². The Bertz CT molecular complexity index is 975. The van der Waals surface area contributed by atoms with E-state index in [-0.39, 0.29) is 5.91 Å². The number of aryl methyl sites for hydroxylation is 2. The molecule has 3 rings (SSSR count). The number of nitrogens with zero attached hydrogens (tertiary/aromatic N) is 1. The Labute approximate surface area is 159 Å². The van der Waals surface area contributed by atoms with Gasteiger partial charge in [0.1, 0.15) is 0 Å². The van der Waals surface area contributed by atoms with E-state index in [1.165, 1.54) is 0 Å². The van der Waals surface area contributed by atoms with E-state index in [1.807, 2.05) is 63.2 Å². The molecule has 1 aromatic heterocycles. The number of methoxy groups -OCH3 is 2. The summed E-state index contributed by atoms with van der Waals surface area (Å²) < 4.78 is 12.7. The molecule has 140 valence electrons. The normalized spacial score (nSPS) is 10.6. The smallest absolute Gasteiger partial charge is 0.257 e. The number of carbonyl (C=O) groups excluding carboxylic acids is 1. The number of hydrogen-bond donors (Lipinski definition) is 1. The lowest BCUT2D eigenvalue weighted by Gasteiger charge is -2.14. The summed E-state index contributed by atoms with van der Waals surface area (Å²) in [5.41, 5.74) is 5.18. The van der Waals surface area contributed by atoms with E-state index >= 15 is 0 Å². The number of carbonyl (C=O) groups is 1. The molecule has 1 heterocycles. The SMILES string of the molecule is COc1cc(C)c(NC(=O)c2cc(C)n(-c3ccccc3)c2C)cc1OC. The largest absolute Gasteiger partial charge is 0.493 e. The molecule has 0 saturated heterocycles. The van der Waals surface area contributed by atoms with E-state index in [4.69, 9.17) is 9.47 Å². The molecule has 5 heteroatoms. The highest BCUT2D eigenvalue weighted by Crippen LogP contribution is 2.33. The van der Waals surface area contributed by atoms with Gasteiger partial charge in [0.15, 0.2) is 11.5 Å². The van der Waals surface area contributed by atoms with Gasteiger partial charge in [-0.3, -0.25) is 4.79 Å². The summed E-state index contributed by atoms with van der Waals surface area (Å²) in [5.74, 6) is 1.06. The first kappa shape index (κ1) is 18.6. The number of nitrogens with one attached hydrogen (secondary N) is 1. The van der Waals surface area contributed by atoms with Crippen LogP contribution < -0.4 is 14.8 Å². The summed E-state index contributed by atoms with van der Waals surface area (Å²) in [7, 11) is 3.17. The fourth-order valence-electron chi connectivity index (χ4n) is 3.27. The monoisotopic (exact) mass is 364 g/mol. The van der Waals surface area contributed by atoms with Crippen molar-refractivity contribution in [3.8, 4) is 17.2 Å². The van der Waals surface area contributed by atoms with E-state index < -0.39 is 0 Å². The molecule has 0 unspecified atom stereocenters. The van der Waals surface area contributed by atoms with Crippen LogP contribution in [0.25, 0.3) is 5.69 Å². The van der Waals surface area contributed by atoms with Gasteiger partial charge in [0.05, 0.1) is 19.8 Å². The maximum absolute atomic E-state index is 12.9. The minimum Gasteiger partial charge on any atom is -0.493 e. The molecule has 0 aliphatic rings. The molecule has 3 aromatic rings. The van der Waals surface area contributed by atoms with Crippen LogP contribution >= 0.6 is 0 Å². The number of para-hydroxylation sites is 1. The second-order valence-corrected chi connectivity index (χ2v) is 6.43. The van der Waals surface area contributed by atoms with Crippen molar-refractivity contribution in [2.75, 3.05) is 19.5 Å². The summed E-state index contributed by atoms with van der Waals surface area (Å²) in [6.45, 7) is 5.87. The van der Waals surface area contributed by atoms with Crippen molar-refractivity contribution in [1.29, 1.82) is 0 Å². The number of benzene rings is 2. The van der Waals surface area contributed by atoms with Crippen LogP contribution in [0, 0.1) is 20.8 Å². The molecular weight excluding hydrogens is 340 g/mol. The molecule has 0 aliphatic heterocycles. The first-order chi connectivity index (χ1) is 13.0. The predicted molar refractivity (Wildman–Crippen MR) is 107 cm³/mol. The highest BCUT2D eigenvalue weighted by Gasteiger charge is 2.18. The second-order valence-electron chi connectivity index (χ2n) is 6.43. The molecule has 0 fully saturated rings. The average molecular weight is 364 g/mol. The van der Waals surface area contributed by atoms with Crippen molar-refractivity contribution >= 4 is 11.6 Å². The summed E-state index contributed by atoms with van der Waals surface area (Å²) in [4.78, 5) is 12.9. The lowest BCUT2D eigenvalue weighted by atomic mass is 10.1. The third-order valence-corrected chi connectivity index (χ3v) is 4.67. The van der Waals surface area contributed by atoms with Crippen LogP contribution in [0.4, 0.5) is 5.69 Å². The lowest BCUT2D eigenvalue weighted by Crippen LogP contribution is -2.14. The molecular formula is C22H24N2O3. The van der Waals surface area contributed by atoms with Gasteiger partial charge in [0, 0.05) is 28.8 Å². The van der Waals surface area contributed by atoms with Gasteiger partial charge < -0.3 is 19.4 Å². The Morgan fingerprint density at radius 1 is 0.926 bits per heavy atom. The Hall–Kier alpha value is -3.21. The van der Waals surface area contributed by atoms with Crippen molar-refractivity contribution in [2.45, 2.75) is 20.8 Å². The maximum Gasteiger partial charge on any atom is 0.257 e. The summed E-state index contributed by atoms with van der Waals surface area (Å²) in [6.07, 6.45) is 0. The number of anilines is 1. The second kappa shape index (κ2) is 7.58. The lowest BCUT2D eigenvalue weighted by molar-refractivity contribution is 0.102. The van der Waals surface area contributed by atoms with E-state index in [1.54, 1.807) is 20.3 Å². The molecule has 2 aromatic carbocycles. The van der Waals surface area contributed by atoms with Gasteiger partial charge in [0.2, 0.25) is 0 Å². The zero-order valence-corrected chi connectivity index (χ0v) is 16.3. The van der Waals surface area contributed by atoms with Gasteiger partial charge in [-0.05, 0) is 50.6 Å². The fraction of sp³-hybridized carbons (Fsp3) is 0.227. The van der Waals surface area contributed by atoms with Crippen molar-refractivity contribution in [1.82, 2.24) is 4.57 Å². The van der Waals surface area contributed by atoms with Crippen molar-refractivity contribution in [2.24, 2.45) is 0 Å². The van der Waals surface area contributed by atoms with Gasteiger partial charge in [-0.25, -0.2) is 0 Å². The van der Waals surface area contributed by atoms with Crippen LogP contribution in [-0.2, 0) is 0 Å². The number of amides is 1. The van der Waals surface area contributed by atoms with E-state index in [0.29, 0.717) is 22.7 Å². The molecule has 0 saturated carbocycles. The molecule has 1 amide bonds. The summed E-state index contributed by atoms with van der Waals surface area (Å²) in [6, 6.07) is 15.5. The van der Waals surface area contributed by atoms with Crippen molar-refractivity contribution < 1.29 is 14.3 Å². The first-order valence-corrected chi connectivity index (χ1v) is 8.74. The zero-order valence-electron chi connectivity index (χ0n) is 16.3. The maximum atomic E-state index is 12.9. The Morgan fingerprint density at radius 3 is 2.19 bits per heavy atom. The predicted octanol–water partition coefficient (Wildman–Crippen LogP) is 4.67. The van der Waals surface area contributed by atoms with Crippen molar-refractivity contribution in [3.63, 3.8) is 0 Å². The highest BCUT2D eigenvalue weighted by molar-refractivity contribution is 6.06. The molecule has 0 spiro atoms.